The van der Waals surface area contributed by atoms with Gasteiger partial charge in [0, 0.05) is 19.2 Å². The highest BCUT2D eigenvalue weighted by atomic mass is 16.5. The second-order valence-corrected chi connectivity index (χ2v) is 7.31. The molecule has 2 aromatic rings. The second-order valence-electron chi connectivity index (χ2n) is 7.31. The Bertz CT molecular complexity index is 732. The van der Waals surface area contributed by atoms with Crippen molar-refractivity contribution in [2.45, 2.75) is 66.0 Å². The van der Waals surface area contributed by atoms with E-state index in [-0.39, 0.29) is 11.9 Å². The topological polar surface area (TPSA) is 64.2 Å². The average Bonchev–Trinajstić information content (AvgIpc) is 3.19. The molecule has 2 aromatic heterocycles. The van der Waals surface area contributed by atoms with Crippen molar-refractivity contribution >= 4 is 5.91 Å². The van der Waals surface area contributed by atoms with Crippen LogP contribution in [-0.4, -0.2) is 32.3 Å². The molecule has 1 unspecified atom stereocenters. The zero-order valence-corrected chi connectivity index (χ0v) is 15.7. The molecule has 1 aliphatic rings. The number of carbonyl (C=O) groups excluding carboxylic acids is 1. The van der Waals surface area contributed by atoms with Gasteiger partial charge in [0.05, 0.1) is 11.7 Å². The van der Waals surface area contributed by atoms with Gasteiger partial charge in [0.2, 0.25) is 0 Å². The van der Waals surface area contributed by atoms with Gasteiger partial charge < -0.3 is 9.42 Å². The maximum Gasteiger partial charge on any atom is 0.272 e. The lowest BCUT2D eigenvalue weighted by atomic mass is 9.98. The van der Waals surface area contributed by atoms with E-state index >= 15 is 0 Å². The number of rotatable bonds is 5. The minimum absolute atomic E-state index is 0.00699. The van der Waals surface area contributed by atoms with Gasteiger partial charge in [-0.05, 0) is 51.5 Å². The first kappa shape index (κ1) is 17.7. The lowest BCUT2D eigenvalue weighted by molar-refractivity contribution is 0.0589. The molecule has 1 amide bonds. The molecule has 0 radical (unpaired) electrons. The molecule has 0 N–H and O–H groups in total. The molecule has 1 aliphatic heterocycles. The van der Waals surface area contributed by atoms with Crippen LogP contribution in [-0.2, 0) is 13.0 Å². The van der Waals surface area contributed by atoms with Crippen LogP contribution >= 0.6 is 0 Å². The first-order valence-electron chi connectivity index (χ1n) is 9.30. The molecule has 1 saturated heterocycles. The molecule has 1 fully saturated rings. The number of hydrogen-bond donors (Lipinski definition) is 0. The molecule has 0 aromatic carbocycles. The van der Waals surface area contributed by atoms with Crippen molar-refractivity contribution in [1.82, 2.24) is 19.8 Å². The molecule has 6 heteroatoms. The van der Waals surface area contributed by atoms with Crippen LogP contribution < -0.4 is 0 Å². The molecular weight excluding hydrogens is 316 g/mol. The summed E-state index contributed by atoms with van der Waals surface area (Å²) >= 11 is 0. The Balaban J connectivity index is 1.88. The van der Waals surface area contributed by atoms with Crippen LogP contribution in [0.2, 0.25) is 0 Å². The van der Waals surface area contributed by atoms with Crippen LogP contribution in [0.1, 0.15) is 73.7 Å². The van der Waals surface area contributed by atoms with E-state index in [1.54, 1.807) is 0 Å². The largest absolute Gasteiger partial charge is 0.361 e. The fourth-order valence-electron chi connectivity index (χ4n) is 3.57. The maximum atomic E-state index is 13.3. The molecule has 136 valence electrons. The van der Waals surface area contributed by atoms with Gasteiger partial charge in [0.15, 0.2) is 0 Å². The summed E-state index contributed by atoms with van der Waals surface area (Å²) in [6.45, 7) is 9.69. The summed E-state index contributed by atoms with van der Waals surface area (Å²) in [5.41, 5.74) is 2.53. The van der Waals surface area contributed by atoms with Crippen molar-refractivity contribution in [3.63, 3.8) is 0 Å². The van der Waals surface area contributed by atoms with Crippen LogP contribution in [0, 0.1) is 12.8 Å². The minimum Gasteiger partial charge on any atom is -0.361 e. The van der Waals surface area contributed by atoms with E-state index in [0.717, 1.165) is 49.4 Å². The third-order valence-corrected chi connectivity index (χ3v) is 4.72. The van der Waals surface area contributed by atoms with Gasteiger partial charge in [0.25, 0.3) is 5.91 Å². The van der Waals surface area contributed by atoms with Crippen molar-refractivity contribution in [2.24, 2.45) is 5.92 Å². The number of aromatic nitrogens is 3. The van der Waals surface area contributed by atoms with Crippen molar-refractivity contribution in [3.8, 4) is 0 Å². The van der Waals surface area contributed by atoms with E-state index in [1.807, 2.05) is 35.6 Å². The molecule has 3 rings (SSSR count). The van der Waals surface area contributed by atoms with E-state index in [1.165, 1.54) is 0 Å². The van der Waals surface area contributed by atoms with E-state index < -0.39 is 0 Å². The third-order valence-electron chi connectivity index (χ3n) is 4.72. The maximum absolute atomic E-state index is 13.3. The quantitative estimate of drug-likeness (QED) is 0.828. The van der Waals surface area contributed by atoms with Gasteiger partial charge >= 0.3 is 0 Å². The summed E-state index contributed by atoms with van der Waals surface area (Å²) in [6.07, 6.45) is 3.94. The lowest BCUT2D eigenvalue weighted by Crippen LogP contribution is -2.39. The van der Waals surface area contributed by atoms with Crippen LogP contribution in [0.4, 0.5) is 0 Å². The van der Waals surface area contributed by atoms with Crippen molar-refractivity contribution in [1.29, 1.82) is 0 Å². The van der Waals surface area contributed by atoms with Gasteiger partial charge in [-0.3, -0.25) is 9.48 Å². The first-order chi connectivity index (χ1) is 12.0. The Morgan fingerprint density at radius 1 is 1.36 bits per heavy atom. The van der Waals surface area contributed by atoms with Crippen LogP contribution in [0.5, 0.6) is 0 Å². The van der Waals surface area contributed by atoms with Crippen molar-refractivity contribution in [3.05, 3.63) is 35.0 Å². The van der Waals surface area contributed by atoms with E-state index in [4.69, 9.17) is 4.52 Å². The predicted octanol–water partition coefficient (Wildman–Crippen LogP) is 3.77. The van der Waals surface area contributed by atoms with Crippen molar-refractivity contribution < 1.29 is 9.32 Å². The standard InChI is InChI=1S/C19H28N4O2/c1-5-23-18(12-15(20-23)10-13(2)3)19(24)22-9-7-6-8-17(22)16-11-14(4)25-21-16/h11-13,17H,5-10H2,1-4H3. The molecule has 3 heterocycles. The number of nitrogens with zero attached hydrogens (tertiary/aromatic N) is 4. The summed E-state index contributed by atoms with van der Waals surface area (Å²) in [5, 5.41) is 8.78. The Hall–Kier alpha value is -2.11. The Labute approximate surface area is 149 Å². The van der Waals surface area contributed by atoms with Crippen LogP contribution in [0.25, 0.3) is 0 Å². The van der Waals surface area contributed by atoms with Crippen LogP contribution in [0.15, 0.2) is 16.7 Å². The normalized spacial score (nSPS) is 18.1. The lowest BCUT2D eigenvalue weighted by Gasteiger charge is -2.34. The molecular formula is C19H28N4O2. The molecule has 0 aliphatic carbocycles. The Kier molecular flexibility index (Phi) is 5.25. The number of hydrogen-bond acceptors (Lipinski definition) is 4. The monoisotopic (exact) mass is 344 g/mol. The number of amides is 1. The summed E-state index contributed by atoms with van der Waals surface area (Å²) in [7, 11) is 0. The highest BCUT2D eigenvalue weighted by Gasteiger charge is 2.32. The fraction of sp³-hybridized carbons (Fsp3) is 0.632. The number of likely N-dealkylation sites (tertiary alicyclic amines) is 1. The molecule has 0 bridgehead atoms. The van der Waals surface area contributed by atoms with Gasteiger partial charge in [-0.2, -0.15) is 5.10 Å². The number of aryl methyl sites for hydroxylation is 2. The van der Waals surface area contributed by atoms with Gasteiger partial charge in [-0.1, -0.05) is 19.0 Å². The summed E-state index contributed by atoms with van der Waals surface area (Å²) in [5.74, 6) is 1.35. The highest BCUT2D eigenvalue weighted by Crippen LogP contribution is 2.32. The molecule has 25 heavy (non-hydrogen) atoms. The fourth-order valence-corrected chi connectivity index (χ4v) is 3.57. The average molecular weight is 344 g/mol. The molecule has 1 atom stereocenters. The highest BCUT2D eigenvalue weighted by molar-refractivity contribution is 5.93. The SMILES string of the molecule is CCn1nc(CC(C)C)cc1C(=O)N1CCCCC1c1cc(C)on1. The summed E-state index contributed by atoms with van der Waals surface area (Å²) < 4.78 is 7.07. The Morgan fingerprint density at radius 3 is 2.80 bits per heavy atom. The second kappa shape index (κ2) is 7.42. The molecule has 0 saturated carbocycles. The minimum atomic E-state index is -0.00699. The third kappa shape index (κ3) is 3.78. The van der Waals surface area contributed by atoms with E-state index in [0.29, 0.717) is 18.2 Å². The zero-order chi connectivity index (χ0) is 18.0. The van der Waals surface area contributed by atoms with E-state index in [2.05, 4.69) is 24.1 Å². The summed E-state index contributed by atoms with van der Waals surface area (Å²) in [6, 6.07) is 3.90. The zero-order valence-electron chi connectivity index (χ0n) is 15.7. The molecule has 6 nitrogen and oxygen atoms in total. The number of piperidine rings is 1. The van der Waals surface area contributed by atoms with Gasteiger partial charge in [0.1, 0.15) is 17.1 Å². The van der Waals surface area contributed by atoms with E-state index in [9.17, 15) is 4.79 Å². The number of carbonyl (C=O) groups is 1. The molecule has 0 spiro atoms. The van der Waals surface area contributed by atoms with Crippen LogP contribution in [0.3, 0.4) is 0 Å². The van der Waals surface area contributed by atoms with Gasteiger partial charge in [-0.25, -0.2) is 0 Å². The first-order valence-corrected chi connectivity index (χ1v) is 9.30. The summed E-state index contributed by atoms with van der Waals surface area (Å²) in [4.78, 5) is 15.2. The van der Waals surface area contributed by atoms with Crippen molar-refractivity contribution in [2.75, 3.05) is 6.54 Å². The Morgan fingerprint density at radius 2 is 2.16 bits per heavy atom. The van der Waals surface area contributed by atoms with Gasteiger partial charge in [-0.15, -0.1) is 0 Å². The predicted molar refractivity (Wildman–Crippen MR) is 95.3 cm³/mol. The smallest absolute Gasteiger partial charge is 0.272 e.